The zero-order valence-electron chi connectivity index (χ0n) is 12.4. The summed E-state index contributed by atoms with van der Waals surface area (Å²) in [6.45, 7) is 3.41. The molecule has 4 unspecified atom stereocenters. The highest BCUT2D eigenvalue weighted by atomic mass is 16.4. The number of carbonyl (C=O) groups excluding carboxylic acids is 2. The van der Waals surface area contributed by atoms with Crippen LogP contribution in [0.5, 0.6) is 0 Å². The lowest BCUT2D eigenvalue weighted by atomic mass is 9.84. The van der Waals surface area contributed by atoms with E-state index in [-0.39, 0.29) is 30.5 Å². The Morgan fingerprint density at radius 3 is 2.43 bits per heavy atom. The second-order valence-electron chi connectivity index (χ2n) is 6.36. The molecule has 0 aromatic rings. The summed E-state index contributed by atoms with van der Waals surface area (Å²) in [5.74, 6) is -1.57. The van der Waals surface area contributed by atoms with E-state index in [9.17, 15) is 19.5 Å². The average Bonchev–Trinajstić information content (AvgIpc) is 2.95. The number of nitrogens with one attached hydrogen (secondary N) is 1. The monoisotopic (exact) mass is 297 g/mol. The van der Waals surface area contributed by atoms with Crippen molar-refractivity contribution in [1.29, 1.82) is 0 Å². The van der Waals surface area contributed by atoms with Crippen LogP contribution in [0, 0.1) is 17.8 Å². The van der Waals surface area contributed by atoms with Gasteiger partial charge in [-0.3, -0.25) is 9.59 Å². The molecule has 7 nitrogen and oxygen atoms in total. The van der Waals surface area contributed by atoms with Crippen LogP contribution in [0.25, 0.3) is 0 Å². The fourth-order valence-corrected chi connectivity index (χ4v) is 3.74. The highest BCUT2D eigenvalue weighted by Gasteiger charge is 2.51. The maximum absolute atomic E-state index is 12.3. The molecule has 4 atom stereocenters. The van der Waals surface area contributed by atoms with Crippen LogP contribution in [-0.2, 0) is 9.59 Å². The Bertz CT molecular complexity index is 452. The van der Waals surface area contributed by atoms with Crippen LogP contribution in [-0.4, -0.2) is 46.5 Å². The number of amides is 3. The lowest BCUT2D eigenvalue weighted by Gasteiger charge is -2.33. The van der Waals surface area contributed by atoms with Crippen molar-refractivity contribution in [3.05, 3.63) is 0 Å². The van der Waals surface area contributed by atoms with Gasteiger partial charge in [-0.05, 0) is 44.9 Å². The van der Waals surface area contributed by atoms with Crippen molar-refractivity contribution in [3.63, 3.8) is 0 Å². The van der Waals surface area contributed by atoms with Crippen LogP contribution in [0.15, 0.2) is 0 Å². The van der Waals surface area contributed by atoms with Crippen molar-refractivity contribution in [2.45, 2.75) is 45.2 Å². The van der Waals surface area contributed by atoms with E-state index in [1.165, 1.54) is 4.90 Å². The van der Waals surface area contributed by atoms with Gasteiger partial charge < -0.3 is 21.1 Å². The number of carbonyl (C=O) groups is 3. The van der Waals surface area contributed by atoms with E-state index >= 15 is 0 Å². The summed E-state index contributed by atoms with van der Waals surface area (Å²) in [6.07, 6.45) is 2.74. The zero-order chi connectivity index (χ0) is 15.7. The smallest absolute Gasteiger partial charge is 0.318 e. The van der Waals surface area contributed by atoms with Crippen LogP contribution in [0.4, 0.5) is 4.79 Å². The molecule has 0 aromatic heterocycles. The number of carboxylic acid groups (broad SMARTS) is 1. The Balaban J connectivity index is 2.06. The SMILES string of the molecule is CC(C)N(CC(N)=O)C(=O)NC1C2CCC(C2)C1C(=O)O. The maximum Gasteiger partial charge on any atom is 0.318 e. The standard InChI is InChI=1S/C14H23N3O4/c1-7(2)17(6-10(15)18)14(21)16-12-9-4-3-8(5-9)11(12)13(19)20/h7-9,11-12H,3-6H2,1-2H3,(H2,15,18)(H,16,21)(H,19,20). The van der Waals surface area contributed by atoms with Crippen molar-refractivity contribution < 1.29 is 19.5 Å². The van der Waals surface area contributed by atoms with E-state index in [0.29, 0.717) is 0 Å². The van der Waals surface area contributed by atoms with Gasteiger partial charge in [0.05, 0.1) is 5.92 Å². The summed E-state index contributed by atoms with van der Waals surface area (Å²) in [5.41, 5.74) is 5.16. The first-order valence-electron chi connectivity index (χ1n) is 7.39. The minimum absolute atomic E-state index is 0.154. The van der Waals surface area contributed by atoms with Gasteiger partial charge in [-0.1, -0.05) is 0 Å². The van der Waals surface area contributed by atoms with Gasteiger partial charge in [0.15, 0.2) is 0 Å². The van der Waals surface area contributed by atoms with Crippen molar-refractivity contribution >= 4 is 17.9 Å². The molecule has 0 radical (unpaired) electrons. The van der Waals surface area contributed by atoms with E-state index in [2.05, 4.69) is 5.32 Å². The molecule has 0 saturated heterocycles. The molecule has 2 rings (SSSR count). The quantitative estimate of drug-likeness (QED) is 0.681. The van der Waals surface area contributed by atoms with Crippen LogP contribution >= 0.6 is 0 Å². The molecule has 7 heteroatoms. The molecular weight excluding hydrogens is 274 g/mol. The number of hydrogen-bond acceptors (Lipinski definition) is 3. The summed E-state index contributed by atoms with van der Waals surface area (Å²) < 4.78 is 0. The van der Waals surface area contributed by atoms with Crippen molar-refractivity contribution in [1.82, 2.24) is 10.2 Å². The van der Waals surface area contributed by atoms with E-state index in [0.717, 1.165) is 19.3 Å². The van der Waals surface area contributed by atoms with Crippen LogP contribution in [0.3, 0.4) is 0 Å². The summed E-state index contributed by atoms with van der Waals surface area (Å²) in [7, 11) is 0. The lowest BCUT2D eigenvalue weighted by molar-refractivity contribution is -0.144. The molecular formula is C14H23N3O4. The number of aliphatic carboxylic acids is 1. The Hall–Kier alpha value is -1.79. The van der Waals surface area contributed by atoms with Crippen LogP contribution in [0.2, 0.25) is 0 Å². The summed E-state index contributed by atoms with van der Waals surface area (Å²) in [4.78, 5) is 36.2. The first-order chi connectivity index (χ1) is 9.81. The molecule has 4 N–H and O–H groups in total. The Morgan fingerprint density at radius 1 is 1.29 bits per heavy atom. The molecule has 2 bridgehead atoms. The van der Waals surface area contributed by atoms with Crippen LogP contribution < -0.4 is 11.1 Å². The summed E-state index contributed by atoms with van der Waals surface area (Å²) in [6, 6.07) is -0.935. The number of fused-ring (bicyclic) bond motifs is 2. The average molecular weight is 297 g/mol. The molecule has 118 valence electrons. The third-order valence-electron chi connectivity index (χ3n) is 4.70. The number of carboxylic acids is 1. The van der Waals surface area contributed by atoms with Crippen molar-refractivity contribution in [2.24, 2.45) is 23.5 Å². The largest absolute Gasteiger partial charge is 0.481 e. The second kappa shape index (κ2) is 5.91. The van der Waals surface area contributed by atoms with Gasteiger partial charge in [0.25, 0.3) is 0 Å². The van der Waals surface area contributed by atoms with Gasteiger partial charge >= 0.3 is 12.0 Å². The first kappa shape index (κ1) is 15.6. The van der Waals surface area contributed by atoms with E-state index in [4.69, 9.17) is 5.73 Å². The summed E-state index contributed by atoms with van der Waals surface area (Å²) >= 11 is 0. The molecule has 0 aliphatic heterocycles. The molecule has 21 heavy (non-hydrogen) atoms. The minimum Gasteiger partial charge on any atom is -0.481 e. The van der Waals surface area contributed by atoms with Crippen molar-refractivity contribution in [3.8, 4) is 0 Å². The minimum atomic E-state index is -0.849. The van der Waals surface area contributed by atoms with Gasteiger partial charge in [-0.25, -0.2) is 4.79 Å². The third-order valence-corrected chi connectivity index (χ3v) is 4.70. The predicted octanol–water partition coefficient (Wildman–Crippen LogP) is 0.391. The lowest BCUT2D eigenvalue weighted by Crippen LogP contribution is -2.54. The molecule has 0 aromatic carbocycles. The molecule has 2 fully saturated rings. The molecule has 2 aliphatic carbocycles. The van der Waals surface area contributed by atoms with Gasteiger partial charge in [0.2, 0.25) is 5.91 Å². The van der Waals surface area contributed by atoms with Crippen LogP contribution in [0.1, 0.15) is 33.1 Å². The van der Waals surface area contributed by atoms with Crippen molar-refractivity contribution in [2.75, 3.05) is 6.54 Å². The topological polar surface area (TPSA) is 113 Å². The second-order valence-corrected chi connectivity index (χ2v) is 6.36. The number of primary amides is 1. The summed E-state index contributed by atoms with van der Waals surface area (Å²) in [5, 5.41) is 12.2. The molecule has 2 aliphatic rings. The Morgan fingerprint density at radius 2 is 1.90 bits per heavy atom. The Kier molecular flexibility index (Phi) is 4.39. The molecule has 3 amide bonds. The Labute approximate surface area is 123 Å². The zero-order valence-corrected chi connectivity index (χ0v) is 12.4. The van der Waals surface area contributed by atoms with E-state index < -0.39 is 23.8 Å². The van der Waals surface area contributed by atoms with Gasteiger partial charge in [0, 0.05) is 12.1 Å². The van der Waals surface area contributed by atoms with E-state index in [1.807, 2.05) is 0 Å². The number of nitrogens with zero attached hydrogens (tertiary/aromatic N) is 1. The molecule has 2 saturated carbocycles. The third kappa shape index (κ3) is 3.11. The number of nitrogens with two attached hydrogens (primary N) is 1. The molecule has 0 spiro atoms. The first-order valence-corrected chi connectivity index (χ1v) is 7.39. The maximum atomic E-state index is 12.3. The van der Waals surface area contributed by atoms with Gasteiger partial charge in [-0.15, -0.1) is 0 Å². The van der Waals surface area contributed by atoms with E-state index in [1.54, 1.807) is 13.8 Å². The number of rotatable bonds is 5. The fourth-order valence-electron chi connectivity index (χ4n) is 3.74. The fraction of sp³-hybridized carbons (Fsp3) is 0.786. The highest BCUT2D eigenvalue weighted by Crippen LogP contribution is 2.48. The number of urea groups is 1. The molecule has 0 heterocycles. The normalized spacial score (nSPS) is 30.4. The van der Waals surface area contributed by atoms with Gasteiger partial charge in [-0.2, -0.15) is 0 Å². The predicted molar refractivity (Wildman–Crippen MR) is 75.3 cm³/mol. The number of hydrogen-bond donors (Lipinski definition) is 3. The highest BCUT2D eigenvalue weighted by molar-refractivity contribution is 5.84. The van der Waals surface area contributed by atoms with Gasteiger partial charge in [0.1, 0.15) is 6.54 Å².